The summed E-state index contributed by atoms with van der Waals surface area (Å²) in [7, 11) is 3.20. The van der Waals surface area contributed by atoms with Gasteiger partial charge in [0.05, 0.1) is 25.4 Å². The number of anilines is 3. The lowest BCUT2D eigenvalue weighted by molar-refractivity contribution is 0.395. The van der Waals surface area contributed by atoms with Gasteiger partial charge in [0, 0.05) is 11.5 Å². The van der Waals surface area contributed by atoms with Crippen molar-refractivity contribution in [3.8, 4) is 11.5 Å². The summed E-state index contributed by atoms with van der Waals surface area (Å²) in [6.45, 7) is 0. The van der Waals surface area contributed by atoms with Gasteiger partial charge in [-0.1, -0.05) is 12.1 Å². The topological polar surface area (TPSA) is 82.3 Å². The van der Waals surface area contributed by atoms with Gasteiger partial charge < -0.3 is 20.5 Å². The highest BCUT2D eigenvalue weighted by Crippen LogP contribution is 2.31. The van der Waals surface area contributed by atoms with Crippen molar-refractivity contribution in [2.24, 2.45) is 0 Å². The Morgan fingerprint density at radius 3 is 2.52 bits per heavy atom. The summed E-state index contributed by atoms with van der Waals surface area (Å²) in [6, 6.07) is 13.1. The molecule has 7 heteroatoms. The molecule has 3 N–H and O–H groups in total. The van der Waals surface area contributed by atoms with Gasteiger partial charge in [0.2, 0.25) is 5.95 Å². The molecular weight excluding hydrogens is 316 g/mol. The summed E-state index contributed by atoms with van der Waals surface area (Å²) in [5.41, 5.74) is 7.50. The van der Waals surface area contributed by atoms with Gasteiger partial charge in [-0.2, -0.15) is 4.98 Å². The van der Waals surface area contributed by atoms with Crippen LogP contribution >= 0.6 is 12.4 Å². The molecule has 0 bridgehead atoms. The molecule has 0 atom stereocenters. The minimum absolute atomic E-state index is 0. The summed E-state index contributed by atoms with van der Waals surface area (Å²) in [5.74, 6) is 2.19. The molecule has 0 aliphatic rings. The van der Waals surface area contributed by atoms with Crippen molar-refractivity contribution in [3.63, 3.8) is 0 Å². The first-order valence-corrected chi connectivity index (χ1v) is 6.72. The number of nitrogens with one attached hydrogen (secondary N) is 1. The maximum absolute atomic E-state index is 5.98. The van der Waals surface area contributed by atoms with Crippen LogP contribution in [0.5, 0.6) is 11.5 Å². The molecule has 0 unspecified atom stereocenters. The lowest BCUT2D eigenvalue weighted by Crippen LogP contribution is -2.02. The second-order valence-electron chi connectivity index (χ2n) is 4.64. The predicted molar refractivity (Wildman–Crippen MR) is 94.0 cm³/mol. The Hall–Kier alpha value is -2.73. The van der Waals surface area contributed by atoms with Crippen LogP contribution < -0.4 is 20.5 Å². The smallest absolute Gasteiger partial charge is 0.229 e. The van der Waals surface area contributed by atoms with Gasteiger partial charge in [0.25, 0.3) is 0 Å². The van der Waals surface area contributed by atoms with Crippen molar-refractivity contribution < 1.29 is 9.47 Å². The number of fused-ring (bicyclic) bond motifs is 1. The molecule has 3 rings (SSSR count). The van der Waals surface area contributed by atoms with Crippen LogP contribution in [-0.4, -0.2) is 24.2 Å². The molecule has 6 nitrogen and oxygen atoms in total. The zero-order chi connectivity index (χ0) is 15.5. The van der Waals surface area contributed by atoms with Crippen molar-refractivity contribution in [1.82, 2.24) is 9.97 Å². The highest BCUT2D eigenvalue weighted by atomic mass is 35.5. The largest absolute Gasteiger partial charge is 0.497 e. The first kappa shape index (κ1) is 16.6. The number of nitrogens with zero attached hydrogens (tertiary/aromatic N) is 2. The number of benzene rings is 2. The van der Waals surface area contributed by atoms with E-state index in [1.165, 1.54) is 0 Å². The Morgan fingerprint density at radius 2 is 1.78 bits per heavy atom. The van der Waals surface area contributed by atoms with E-state index in [0.717, 1.165) is 16.6 Å². The van der Waals surface area contributed by atoms with Crippen molar-refractivity contribution >= 4 is 40.8 Å². The number of aromatic nitrogens is 2. The van der Waals surface area contributed by atoms with E-state index in [1.54, 1.807) is 20.3 Å². The van der Waals surface area contributed by atoms with Gasteiger partial charge in [-0.05, 0) is 24.3 Å². The number of halogens is 1. The number of para-hydroxylation sites is 1. The molecule has 0 amide bonds. The first-order chi connectivity index (χ1) is 10.7. The summed E-state index contributed by atoms with van der Waals surface area (Å²) < 4.78 is 10.5. The standard InChI is InChI=1S/C16H16N4O2.ClH/c1-21-10-7-8-13(14(9-10)22-2)19-16-18-12-6-4-3-5-11(12)15(17)20-16;/h3-9H,1-2H3,(H3,17,18,19,20);1H. The van der Waals surface area contributed by atoms with Crippen molar-refractivity contribution in [1.29, 1.82) is 0 Å². The van der Waals surface area contributed by atoms with E-state index >= 15 is 0 Å². The number of ether oxygens (including phenoxy) is 2. The Kier molecular flexibility index (Phi) is 5.08. The van der Waals surface area contributed by atoms with E-state index in [2.05, 4.69) is 15.3 Å². The van der Waals surface area contributed by atoms with Gasteiger partial charge in [-0.15, -0.1) is 12.4 Å². The third-order valence-electron chi connectivity index (χ3n) is 3.29. The van der Waals surface area contributed by atoms with E-state index < -0.39 is 0 Å². The minimum Gasteiger partial charge on any atom is -0.497 e. The number of nitrogens with two attached hydrogens (primary N) is 1. The van der Waals surface area contributed by atoms with Crippen LogP contribution in [0.4, 0.5) is 17.5 Å². The zero-order valence-corrected chi connectivity index (χ0v) is 13.6. The molecule has 120 valence electrons. The summed E-state index contributed by atoms with van der Waals surface area (Å²) in [4.78, 5) is 8.74. The number of hydrogen-bond acceptors (Lipinski definition) is 6. The molecule has 0 saturated carbocycles. The molecule has 0 radical (unpaired) electrons. The Bertz CT molecular complexity index is 826. The third-order valence-corrected chi connectivity index (χ3v) is 3.29. The molecule has 1 heterocycles. The first-order valence-electron chi connectivity index (χ1n) is 6.72. The summed E-state index contributed by atoms with van der Waals surface area (Å²) in [5, 5.41) is 3.95. The lowest BCUT2D eigenvalue weighted by Gasteiger charge is -2.12. The van der Waals surface area contributed by atoms with E-state index in [9.17, 15) is 0 Å². The Morgan fingerprint density at radius 1 is 1.00 bits per heavy atom. The van der Waals surface area contributed by atoms with Crippen molar-refractivity contribution in [3.05, 3.63) is 42.5 Å². The molecule has 0 fully saturated rings. The summed E-state index contributed by atoms with van der Waals surface area (Å²) in [6.07, 6.45) is 0. The maximum Gasteiger partial charge on any atom is 0.229 e. The van der Waals surface area contributed by atoms with Gasteiger partial charge in [-0.25, -0.2) is 4.98 Å². The predicted octanol–water partition coefficient (Wildman–Crippen LogP) is 3.39. The molecule has 0 aliphatic carbocycles. The van der Waals surface area contributed by atoms with Crippen LogP contribution in [-0.2, 0) is 0 Å². The molecule has 0 saturated heterocycles. The van der Waals surface area contributed by atoms with E-state index in [0.29, 0.717) is 23.3 Å². The number of nitrogen functional groups attached to an aromatic ring is 1. The Balaban J connectivity index is 0.00000192. The van der Waals surface area contributed by atoms with Crippen LogP contribution in [0.15, 0.2) is 42.5 Å². The van der Waals surface area contributed by atoms with Gasteiger partial charge in [0.15, 0.2) is 0 Å². The van der Waals surface area contributed by atoms with E-state index in [1.807, 2.05) is 36.4 Å². The van der Waals surface area contributed by atoms with E-state index in [4.69, 9.17) is 15.2 Å². The van der Waals surface area contributed by atoms with Gasteiger partial charge in [-0.3, -0.25) is 0 Å². The minimum atomic E-state index is 0. The van der Waals surface area contributed by atoms with Crippen LogP contribution in [0.1, 0.15) is 0 Å². The van der Waals surface area contributed by atoms with Crippen LogP contribution in [0.25, 0.3) is 10.9 Å². The van der Waals surface area contributed by atoms with E-state index in [-0.39, 0.29) is 12.4 Å². The molecule has 0 spiro atoms. The lowest BCUT2D eigenvalue weighted by atomic mass is 10.2. The maximum atomic E-state index is 5.98. The highest BCUT2D eigenvalue weighted by Gasteiger charge is 2.09. The fraction of sp³-hybridized carbons (Fsp3) is 0.125. The van der Waals surface area contributed by atoms with Gasteiger partial charge >= 0.3 is 0 Å². The molecule has 1 aromatic heterocycles. The molecule has 23 heavy (non-hydrogen) atoms. The molecular formula is C16H17ClN4O2. The second-order valence-corrected chi connectivity index (χ2v) is 4.64. The SMILES string of the molecule is COc1ccc(Nc2nc(N)c3ccccc3n2)c(OC)c1.Cl. The molecule has 3 aromatic rings. The quantitative estimate of drug-likeness (QED) is 0.762. The molecule has 2 aromatic carbocycles. The van der Waals surface area contributed by atoms with Gasteiger partial charge in [0.1, 0.15) is 17.3 Å². The number of methoxy groups -OCH3 is 2. The average Bonchev–Trinajstić information content (AvgIpc) is 2.55. The normalized spacial score (nSPS) is 10.0. The highest BCUT2D eigenvalue weighted by molar-refractivity contribution is 5.89. The fourth-order valence-corrected chi connectivity index (χ4v) is 2.18. The van der Waals surface area contributed by atoms with Crippen molar-refractivity contribution in [2.75, 3.05) is 25.3 Å². The van der Waals surface area contributed by atoms with Crippen LogP contribution in [0, 0.1) is 0 Å². The fourth-order valence-electron chi connectivity index (χ4n) is 2.18. The van der Waals surface area contributed by atoms with Crippen molar-refractivity contribution in [2.45, 2.75) is 0 Å². The average molecular weight is 333 g/mol. The summed E-state index contributed by atoms with van der Waals surface area (Å²) >= 11 is 0. The molecule has 0 aliphatic heterocycles. The third kappa shape index (κ3) is 3.37. The van der Waals surface area contributed by atoms with Crippen LogP contribution in [0.2, 0.25) is 0 Å². The Labute approximate surface area is 140 Å². The zero-order valence-electron chi connectivity index (χ0n) is 12.7. The second kappa shape index (κ2) is 7.02. The number of rotatable bonds is 4. The van der Waals surface area contributed by atoms with Crippen LogP contribution in [0.3, 0.4) is 0 Å². The number of hydrogen-bond donors (Lipinski definition) is 2. The monoisotopic (exact) mass is 332 g/mol.